The maximum atomic E-state index is 6.08. The molecule has 152 valence electrons. The van der Waals surface area contributed by atoms with Crippen molar-refractivity contribution in [3.05, 3.63) is 95.5 Å². The fourth-order valence-corrected chi connectivity index (χ4v) is 5.20. The lowest BCUT2D eigenvalue weighted by molar-refractivity contribution is 0.831. The Labute approximate surface area is 194 Å². The highest BCUT2D eigenvalue weighted by molar-refractivity contribution is 7.99. The van der Waals surface area contributed by atoms with Crippen LogP contribution in [0.1, 0.15) is 0 Å². The van der Waals surface area contributed by atoms with E-state index in [4.69, 9.17) is 16.6 Å². The number of aromatic nitrogens is 3. The summed E-state index contributed by atoms with van der Waals surface area (Å²) in [4.78, 5) is 11.9. The Balaban J connectivity index is 1.60. The van der Waals surface area contributed by atoms with Crippen molar-refractivity contribution in [1.29, 1.82) is 0 Å². The van der Waals surface area contributed by atoms with Crippen molar-refractivity contribution in [2.45, 2.75) is 9.92 Å². The zero-order valence-electron chi connectivity index (χ0n) is 16.7. The van der Waals surface area contributed by atoms with Crippen molar-refractivity contribution in [3.63, 3.8) is 0 Å². The summed E-state index contributed by atoms with van der Waals surface area (Å²) in [5.74, 6) is 0.842. The molecule has 0 N–H and O–H groups in total. The Kier molecular flexibility index (Phi) is 5.64. The molecule has 5 aromatic rings. The summed E-state index contributed by atoms with van der Waals surface area (Å²) in [6.07, 6.45) is 1.80. The SMILES string of the molecule is Cn1c(-c2ccccn2)nc(-c2ccc(-c3cccs3)cc2)c1Sc1ccc(Cl)cc1. The summed E-state index contributed by atoms with van der Waals surface area (Å²) in [7, 11) is 2.04. The van der Waals surface area contributed by atoms with Gasteiger partial charge in [-0.3, -0.25) is 4.98 Å². The van der Waals surface area contributed by atoms with Crippen LogP contribution >= 0.6 is 34.7 Å². The number of pyridine rings is 1. The van der Waals surface area contributed by atoms with Crippen LogP contribution in [-0.2, 0) is 7.05 Å². The summed E-state index contributed by atoms with van der Waals surface area (Å²) >= 11 is 9.50. The van der Waals surface area contributed by atoms with Gasteiger partial charge in [-0.2, -0.15) is 0 Å². The van der Waals surface area contributed by atoms with Crippen LogP contribution in [0.5, 0.6) is 0 Å². The topological polar surface area (TPSA) is 30.7 Å². The minimum atomic E-state index is 0.730. The van der Waals surface area contributed by atoms with E-state index in [1.165, 1.54) is 10.4 Å². The van der Waals surface area contributed by atoms with Gasteiger partial charge in [0.15, 0.2) is 5.82 Å². The molecule has 2 aromatic carbocycles. The molecule has 0 bridgehead atoms. The van der Waals surface area contributed by atoms with Crippen molar-refractivity contribution < 1.29 is 0 Å². The van der Waals surface area contributed by atoms with E-state index in [-0.39, 0.29) is 0 Å². The minimum Gasteiger partial charge on any atom is -0.320 e. The van der Waals surface area contributed by atoms with Crippen molar-refractivity contribution in [3.8, 4) is 33.2 Å². The number of thiophene rings is 1. The fraction of sp³-hybridized carbons (Fsp3) is 0.0400. The number of nitrogens with zero attached hydrogens (tertiary/aromatic N) is 3. The smallest absolute Gasteiger partial charge is 0.159 e. The largest absolute Gasteiger partial charge is 0.320 e. The molecule has 5 rings (SSSR count). The Bertz CT molecular complexity index is 1290. The lowest BCUT2D eigenvalue weighted by atomic mass is 10.1. The molecule has 0 aliphatic carbocycles. The molecule has 3 heterocycles. The molecule has 0 spiro atoms. The first-order valence-electron chi connectivity index (χ1n) is 9.75. The maximum Gasteiger partial charge on any atom is 0.159 e. The first kappa shape index (κ1) is 20.1. The molecule has 0 unspecified atom stereocenters. The molecule has 6 heteroatoms. The predicted molar refractivity (Wildman–Crippen MR) is 131 cm³/mol. The zero-order chi connectivity index (χ0) is 21.2. The van der Waals surface area contributed by atoms with E-state index in [0.717, 1.165) is 37.7 Å². The average Bonchev–Trinajstić information content (AvgIpc) is 3.45. The number of benzene rings is 2. The van der Waals surface area contributed by atoms with Gasteiger partial charge in [-0.1, -0.05) is 59.8 Å². The first-order chi connectivity index (χ1) is 15.2. The van der Waals surface area contributed by atoms with Crippen LogP contribution in [0, 0.1) is 0 Å². The Morgan fingerprint density at radius 2 is 1.65 bits per heavy atom. The van der Waals surface area contributed by atoms with Gasteiger partial charge in [0, 0.05) is 33.6 Å². The second kappa shape index (κ2) is 8.71. The van der Waals surface area contributed by atoms with Crippen molar-refractivity contribution in [2.75, 3.05) is 0 Å². The minimum absolute atomic E-state index is 0.730. The second-order valence-electron chi connectivity index (χ2n) is 6.97. The van der Waals surface area contributed by atoms with Crippen molar-refractivity contribution in [1.82, 2.24) is 14.5 Å². The maximum absolute atomic E-state index is 6.08. The molecule has 0 amide bonds. The van der Waals surface area contributed by atoms with Gasteiger partial charge in [-0.25, -0.2) is 4.98 Å². The lowest BCUT2D eigenvalue weighted by Gasteiger charge is -2.08. The first-order valence-corrected chi connectivity index (χ1v) is 11.8. The van der Waals surface area contributed by atoms with Gasteiger partial charge in [-0.05, 0) is 53.4 Å². The normalized spacial score (nSPS) is 11.0. The van der Waals surface area contributed by atoms with Crippen LogP contribution in [-0.4, -0.2) is 14.5 Å². The van der Waals surface area contributed by atoms with Crippen LogP contribution < -0.4 is 0 Å². The summed E-state index contributed by atoms with van der Waals surface area (Å²) in [5.41, 5.74) is 4.09. The van der Waals surface area contributed by atoms with Crippen molar-refractivity contribution in [2.24, 2.45) is 7.05 Å². The van der Waals surface area contributed by atoms with Gasteiger partial charge in [0.2, 0.25) is 0 Å². The van der Waals surface area contributed by atoms with Gasteiger partial charge in [-0.15, -0.1) is 11.3 Å². The highest BCUT2D eigenvalue weighted by Gasteiger charge is 2.19. The van der Waals surface area contributed by atoms with Gasteiger partial charge in [0.1, 0.15) is 16.4 Å². The number of hydrogen-bond donors (Lipinski definition) is 0. The van der Waals surface area contributed by atoms with Crippen LogP contribution in [0.4, 0.5) is 0 Å². The average molecular weight is 460 g/mol. The number of halogens is 1. The third kappa shape index (κ3) is 4.17. The molecule has 0 atom stereocenters. The van der Waals surface area contributed by atoms with E-state index >= 15 is 0 Å². The molecule has 3 nitrogen and oxygen atoms in total. The molecule has 0 fully saturated rings. The molecule has 0 saturated carbocycles. The Morgan fingerprint density at radius 3 is 2.32 bits per heavy atom. The van der Waals surface area contributed by atoms with E-state index in [1.807, 2.05) is 49.5 Å². The van der Waals surface area contributed by atoms with Crippen LogP contribution in [0.15, 0.2) is 100 Å². The summed E-state index contributed by atoms with van der Waals surface area (Å²) in [5, 5.41) is 3.89. The van der Waals surface area contributed by atoms with Crippen LogP contribution in [0.2, 0.25) is 5.02 Å². The van der Waals surface area contributed by atoms with Gasteiger partial charge < -0.3 is 4.57 Å². The molecular weight excluding hydrogens is 442 g/mol. The Morgan fingerprint density at radius 1 is 0.871 bits per heavy atom. The third-order valence-electron chi connectivity index (χ3n) is 4.93. The Hall–Kier alpha value is -2.86. The quantitative estimate of drug-likeness (QED) is 0.270. The molecule has 0 aliphatic rings. The third-order valence-corrected chi connectivity index (χ3v) is 7.27. The molecule has 0 saturated heterocycles. The van der Waals surface area contributed by atoms with Gasteiger partial charge >= 0.3 is 0 Å². The molecule has 0 aliphatic heterocycles. The van der Waals surface area contributed by atoms with E-state index in [9.17, 15) is 0 Å². The zero-order valence-corrected chi connectivity index (χ0v) is 19.1. The van der Waals surface area contributed by atoms with Crippen molar-refractivity contribution >= 4 is 34.7 Å². The summed E-state index contributed by atoms with van der Waals surface area (Å²) in [6, 6.07) is 26.6. The van der Waals surface area contributed by atoms with Crippen LogP contribution in [0.25, 0.3) is 33.2 Å². The number of hydrogen-bond acceptors (Lipinski definition) is 4. The lowest BCUT2D eigenvalue weighted by Crippen LogP contribution is -1.95. The summed E-state index contributed by atoms with van der Waals surface area (Å²) in [6.45, 7) is 0. The molecule has 31 heavy (non-hydrogen) atoms. The van der Waals surface area contributed by atoms with Gasteiger partial charge in [0.05, 0.1) is 0 Å². The summed E-state index contributed by atoms with van der Waals surface area (Å²) < 4.78 is 2.12. The van der Waals surface area contributed by atoms with Crippen LogP contribution in [0.3, 0.4) is 0 Å². The molecule has 0 radical (unpaired) electrons. The van der Waals surface area contributed by atoms with E-state index < -0.39 is 0 Å². The van der Waals surface area contributed by atoms with E-state index in [0.29, 0.717) is 0 Å². The number of rotatable bonds is 5. The predicted octanol–water partition coefficient (Wildman–Crippen LogP) is 7.68. The highest BCUT2D eigenvalue weighted by atomic mass is 35.5. The highest BCUT2D eigenvalue weighted by Crippen LogP contribution is 2.39. The second-order valence-corrected chi connectivity index (χ2v) is 9.42. The van der Waals surface area contributed by atoms with E-state index in [1.54, 1.807) is 29.3 Å². The molecular formula is C25H18ClN3S2. The standard InChI is InChI=1S/C25H18ClN3S2/c1-29-24(21-5-2-3-15-27-21)28-23(25(29)31-20-13-11-19(26)12-14-20)18-9-7-17(8-10-18)22-6-4-16-30-22/h2-16H,1H3. The molecule has 3 aromatic heterocycles. The number of imidazole rings is 1. The van der Waals surface area contributed by atoms with E-state index in [2.05, 4.69) is 51.3 Å². The fourth-order valence-electron chi connectivity index (χ4n) is 3.36. The monoisotopic (exact) mass is 459 g/mol. The van der Waals surface area contributed by atoms with Gasteiger partial charge in [0.25, 0.3) is 0 Å².